The van der Waals surface area contributed by atoms with E-state index in [0.29, 0.717) is 65.8 Å². The number of hydrogen-bond acceptors (Lipinski definition) is 9. The molecule has 4 aromatic rings. The zero-order chi connectivity index (χ0) is 32.1. The second-order valence-corrected chi connectivity index (χ2v) is 10.9. The number of nitrogens with zero attached hydrogens (tertiary/aromatic N) is 3. The first-order valence-corrected chi connectivity index (χ1v) is 14.9. The Morgan fingerprint density at radius 1 is 1.04 bits per heavy atom. The number of carbonyl (C=O) groups excluding carboxylic acids is 2. The van der Waals surface area contributed by atoms with Crippen LogP contribution in [-0.2, 0) is 16.0 Å². The lowest BCUT2D eigenvalue weighted by Gasteiger charge is -2.19. The van der Waals surface area contributed by atoms with Crippen molar-refractivity contribution >= 4 is 23.1 Å². The molecule has 2 aromatic carbocycles. The molecule has 12 nitrogen and oxygen atoms in total. The molecule has 0 spiro atoms. The number of amides is 2. The molecule has 2 atom stereocenters. The molecule has 0 saturated carbocycles. The second kappa shape index (κ2) is 13.7. The summed E-state index contributed by atoms with van der Waals surface area (Å²) in [7, 11) is 4.68. The van der Waals surface area contributed by atoms with E-state index in [1.165, 1.54) is 6.92 Å². The van der Waals surface area contributed by atoms with E-state index < -0.39 is 6.04 Å². The molecule has 0 unspecified atom stereocenters. The average Bonchev–Trinajstić information content (AvgIpc) is 3.33. The fraction of sp³-hybridized carbons (Fsp3) is 0.364. The number of fused-ring (bicyclic) bond motifs is 4. The number of hydrogen-bond donors (Lipinski definition) is 3. The van der Waals surface area contributed by atoms with Crippen molar-refractivity contribution in [3.05, 3.63) is 75.8 Å². The van der Waals surface area contributed by atoms with Gasteiger partial charge in [-0.15, -0.1) is 10.2 Å². The molecule has 2 amide bonds. The Bertz CT molecular complexity index is 1790. The largest absolute Gasteiger partial charge is 0.493 e. The van der Waals surface area contributed by atoms with Crippen LogP contribution in [0.25, 0.3) is 16.8 Å². The van der Waals surface area contributed by atoms with Crippen LogP contribution in [0, 0.1) is 0 Å². The molecule has 1 aliphatic carbocycles. The van der Waals surface area contributed by atoms with Crippen LogP contribution in [-0.4, -0.2) is 54.3 Å². The zero-order valence-corrected chi connectivity index (χ0v) is 26.1. The molecule has 12 heteroatoms. The lowest BCUT2D eigenvalue weighted by atomic mass is 9.95. The van der Waals surface area contributed by atoms with E-state index in [0.717, 1.165) is 16.7 Å². The second-order valence-electron chi connectivity index (χ2n) is 10.9. The minimum atomic E-state index is -0.396. The fourth-order valence-corrected chi connectivity index (χ4v) is 5.86. The first-order chi connectivity index (χ1) is 21.7. The summed E-state index contributed by atoms with van der Waals surface area (Å²) in [5.74, 6) is 1.80. The van der Waals surface area contributed by atoms with E-state index >= 15 is 0 Å². The summed E-state index contributed by atoms with van der Waals surface area (Å²) in [6, 6.07) is 12.0. The zero-order valence-electron chi connectivity index (χ0n) is 26.1. The molecule has 236 valence electrons. The molecule has 0 radical (unpaired) electrons. The molecular weight excluding hydrogens is 576 g/mol. The summed E-state index contributed by atoms with van der Waals surface area (Å²) < 4.78 is 18.9. The number of anilines is 1. The Morgan fingerprint density at radius 2 is 1.84 bits per heavy atom. The van der Waals surface area contributed by atoms with Crippen molar-refractivity contribution in [1.29, 1.82) is 0 Å². The van der Waals surface area contributed by atoms with E-state index in [-0.39, 0.29) is 29.7 Å². The summed E-state index contributed by atoms with van der Waals surface area (Å²) in [6.07, 6.45) is 3.80. The van der Waals surface area contributed by atoms with Gasteiger partial charge in [0.15, 0.2) is 23.0 Å². The SMILES string of the molecule is COc1cc2c(c(OC)c1OC)-c1ccc(NCCCC(=O)N[C@@H](C)c3nnc4ccccn34)c(=O)cc1[C@@H](NC(C)=O)CC2. The highest BCUT2D eigenvalue weighted by Crippen LogP contribution is 2.50. The van der Waals surface area contributed by atoms with Gasteiger partial charge < -0.3 is 30.2 Å². The number of benzene rings is 1. The first-order valence-electron chi connectivity index (χ1n) is 14.9. The molecule has 0 bridgehead atoms. The number of methoxy groups -OCH3 is 3. The van der Waals surface area contributed by atoms with Gasteiger partial charge in [0.1, 0.15) is 0 Å². The average molecular weight is 615 g/mol. The van der Waals surface area contributed by atoms with Gasteiger partial charge in [0.05, 0.1) is 39.1 Å². The van der Waals surface area contributed by atoms with Crippen molar-refractivity contribution in [3.63, 3.8) is 0 Å². The van der Waals surface area contributed by atoms with Gasteiger partial charge in [-0.3, -0.25) is 18.8 Å². The van der Waals surface area contributed by atoms with Crippen molar-refractivity contribution in [2.45, 2.75) is 51.6 Å². The highest BCUT2D eigenvalue weighted by molar-refractivity contribution is 5.84. The molecule has 0 aliphatic heterocycles. The molecule has 2 heterocycles. The smallest absolute Gasteiger partial charge is 0.220 e. The molecule has 0 fully saturated rings. The number of aromatic nitrogens is 3. The maximum absolute atomic E-state index is 13.5. The first kappa shape index (κ1) is 31.3. The quantitative estimate of drug-likeness (QED) is 0.214. The summed E-state index contributed by atoms with van der Waals surface area (Å²) in [4.78, 5) is 38.4. The van der Waals surface area contributed by atoms with Gasteiger partial charge in [-0.05, 0) is 73.2 Å². The van der Waals surface area contributed by atoms with Gasteiger partial charge in [-0.25, -0.2) is 0 Å². The Balaban J connectivity index is 1.35. The van der Waals surface area contributed by atoms with Gasteiger partial charge in [-0.1, -0.05) is 12.1 Å². The molecule has 3 N–H and O–H groups in total. The van der Waals surface area contributed by atoms with Crippen LogP contribution in [0.4, 0.5) is 5.69 Å². The van der Waals surface area contributed by atoms with E-state index in [1.54, 1.807) is 33.5 Å². The van der Waals surface area contributed by atoms with E-state index in [4.69, 9.17) is 14.2 Å². The minimum Gasteiger partial charge on any atom is -0.493 e. The summed E-state index contributed by atoms with van der Waals surface area (Å²) in [5, 5.41) is 17.5. The molecule has 1 aliphatic rings. The van der Waals surface area contributed by atoms with Crippen LogP contribution in [0.2, 0.25) is 0 Å². The van der Waals surface area contributed by atoms with Crippen LogP contribution in [0.1, 0.15) is 62.1 Å². The van der Waals surface area contributed by atoms with Crippen molar-refractivity contribution in [1.82, 2.24) is 25.2 Å². The van der Waals surface area contributed by atoms with E-state index in [1.807, 2.05) is 47.9 Å². The Morgan fingerprint density at radius 3 is 2.58 bits per heavy atom. The fourth-order valence-electron chi connectivity index (χ4n) is 5.86. The number of pyridine rings is 1. The third-order valence-electron chi connectivity index (χ3n) is 7.92. The van der Waals surface area contributed by atoms with Crippen molar-refractivity contribution < 1.29 is 23.8 Å². The summed E-state index contributed by atoms with van der Waals surface area (Å²) >= 11 is 0. The van der Waals surface area contributed by atoms with Gasteiger partial charge in [0, 0.05) is 31.6 Å². The summed E-state index contributed by atoms with van der Waals surface area (Å²) in [5.41, 5.74) is 4.03. The lowest BCUT2D eigenvalue weighted by Crippen LogP contribution is -2.28. The number of nitrogens with one attached hydrogen (secondary N) is 3. The number of aryl methyl sites for hydroxylation is 1. The highest BCUT2D eigenvalue weighted by Gasteiger charge is 2.29. The predicted octanol–water partition coefficient (Wildman–Crippen LogP) is 3.98. The van der Waals surface area contributed by atoms with Crippen LogP contribution in [0.5, 0.6) is 17.2 Å². The molecule has 45 heavy (non-hydrogen) atoms. The Kier molecular flexibility index (Phi) is 9.50. The van der Waals surface area contributed by atoms with Crippen molar-refractivity contribution in [3.8, 4) is 28.4 Å². The van der Waals surface area contributed by atoms with Gasteiger partial charge >= 0.3 is 0 Å². The topological polar surface area (TPSA) is 145 Å². The van der Waals surface area contributed by atoms with Gasteiger partial charge in [0.2, 0.25) is 23.0 Å². The third kappa shape index (κ3) is 6.54. The minimum absolute atomic E-state index is 0.129. The maximum Gasteiger partial charge on any atom is 0.220 e. The third-order valence-corrected chi connectivity index (χ3v) is 7.92. The summed E-state index contributed by atoms with van der Waals surface area (Å²) in [6.45, 7) is 3.73. The van der Waals surface area contributed by atoms with Crippen LogP contribution >= 0.6 is 0 Å². The monoisotopic (exact) mass is 614 g/mol. The predicted molar refractivity (Wildman–Crippen MR) is 170 cm³/mol. The number of rotatable bonds is 11. The van der Waals surface area contributed by atoms with Crippen LogP contribution in [0.15, 0.2) is 53.5 Å². The van der Waals surface area contributed by atoms with Gasteiger partial charge in [-0.2, -0.15) is 0 Å². The number of carbonyl (C=O) groups is 2. The number of ether oxygens (including phenoxy) is 3. The lowest BCUT2D eigenvalue weighted by molar-refractivity contribution is -0.122. The van der Waals surface area contributed by atoms with Crippen molar-refractivity contribution in [2.24, 2.45) is 0 Å². The van der Waals surface area contributed by atoms with Crippen LogP contribution < -0.4 is 35.6 Å². The normalized spacial score (nSPS) is 14.4. The maximum atomic E-state index is 13.5. The van der Waals surface area contributed by atoms with E-state index in [2.05, 4.69) is 26.1 Å². The highest BCUT2D eigenvalue weighted by atomic mass is 16.5. The molecule has 0 saturated heterocycles. The van der Waals surface area contributed by atoms with Gasteiger partial charge in [0.25, 0.3) is 0 Å². The van der Waals surface area contributed by atoms with Crippen molar-refractivity contribution in [2.75, 3.05) is 33.2 Å². The molecule has 2 aromatic heterocycles. The standard InChI is InChI=1S/C33H38N6O6/c1-19(33-38-37-28-9-6-7-16-39(28)33)35-29(42)10-8-15-34-25-14-12-22-23(18-26(25)41)24(36-20(2)40)13-11-21-17-27(43-3)31(44-4)32(45-5)30(21)22/h6-7,9,12,14,16-19,24H,8,10-11,13,15H2,1-5H3,(H,34,41)(H,35,42)(H,36,40)/t19-,24-/m0/s1. The Labute approximate surface area is 261 Å². The molecular formula is C33H38N6O6. The molecule has 5 rings (SSSR count). The van der Waals surface area contributed by atoms with Crippen LogP contribution in [0.3, 0.4) is 0 Å². The Hall–Kier alpha value is -5.13. The van der Waals surface area contributed by atoms with E-state index in [9.17, 15) is 14.4 Å².